The van der Waals surface area contributed by atoms with Gasteiger partial charge in [-0.05, 0) is 12.1 Å². The number of aromatic nitrogens is 3. The molecule has 0 aliphatic rings. The van der Waals surface area contributed by atoms with Gasteiger partial charge in [0.1, 0.15) is 0 Å². The van der Waals surface area contributed by atoms with Gasteiger partial charge in [0.15, 0.2) is 5.52 Å². The lowest BCUT2D eigenvalue weighted by atomic mass is 9.91. The fourth-order valence-electron chi connectivity index (χ4n) is 1.37. The van der Waals surface area contributed by atoms with E-state index in [0.29, 0.717) is 11.0 Å². The van der Waals surface area contributed by atoms with Gasteiger partial charge >= 0.3 is 0 Å². The first-order valence-electron chi connectivity index (χ1n) is 4.83. The molecule has 0 aliphatic carbocycles. The van der Waals surface area contributed by atoms with Crippen LogP contribution in [0.2, 0.25) is 0 Å². The Morgan fingerprint density at radius 1 is 1.27 bits per heavy atom. The summed E-state index contributed by atoms with van der Waals surface area (Å²) >= 11 is 0. The highest BCUT2D eigenvalue weighted by Crippen LogP contribution is 2.20. The zero-order valence-electron chi connectivity index (χ0n) is 9.03. The quantitative estimate of drug-likeness (QED) is 0.707. The Morgan fingerprint density at radius 3 is 2.67 bits per heavy atom. The molecule has 0 saturated heterocycles. The SMILES string of the molecule is CC(C)(C)c1ccc2nc[nH]c(=O)c2n1. The van der Waals surface area contributed by atoms with Crippen molar-refractivity contribution in [1.82, 2.24) is 15.0 Å². The second-order valence-corrected chi connectivity index (χ2v) is 4.55. The number of pyridine rings is 1. The highest BCUT2D eigenvalue weighted by molar-refractivity contribution is 5.72. The molecule has 2 aromatic rings. The van der Waals surface area contributed by atoms with Gasteiger partial charge in [0.25, 0.3) is 5.56 Å². The molecule has 15 heavy (non-hydrogen) atoms. The van der Waals surface area contributed by atoms with Crippen LogP contribution in [0, 0.1) is 0 Å². The minimum absolute atomic E-state index is 0.0591. The lowest BCUT2D eigenvalue weighted by molar-refractivity contribution is 0.571. The van der Waals surface area contributed by atoms with E-state index in [1.165, 1.54) is 6.33 Å². The van der Waals surface area contributed by atoms with Crippen molar-refractivity contribution in [3.05, 3.63) is 34.5 Å². The van der Waals surface area contributed by atoms with Crippen LogP contribution in [0.3, 0.4) is 0 Å². The first-order valence-corrected chi connectivity index (χ1v) is 4.83. The van der Waals surface area contributed by atoms with E-state index >= 15 is 0 Å². The molecular weight excluding hydrogens is 190 g/mol. The highest BCUT2D eigenvalue weighted by atomic mass is 16.1. The van der Waals surface area contributed by atoms with Gasteiger partial charge in [-0.3, -0.25) is 4.79 Å². The summed E-state index contributed by atoms with van der Waals surface area (Å²) in [5, 5.41) is 0. The number of hydrogen-bond acceptors (Lipinski definition) is 3. The lowest BCUT2D eigenvalue weighted by Gasteiger charge is -2.17. The summed E-state index contributed by atoms with van der Waals surface area (Å²) < 4.78 is 0. The van der Waals surface area contributed by atoms with Crippen molar-refractivity contribution in [2.24, 2.45) is 0 Å². The summed E-state index contributed by atoms with van der Waals surface area (Å²) in [5.74, 6) is 0. The lowest BCUT2D eigenvalue weighted by Crippen LogP contribution is -2.16. The Bertz CT molecular complexity index is 551. The van der Waals surface area contributed by atoms with Crippen LogP contribution in [-0.4, -0.2) is 15.0 Å². The molecule has 0 atom stereocenters. The Hall–Kier alpha value is -1.71. The molecular formula is C11H13N3O. The zero-order valence-corrected chi connectivity index (χ0v) is 9.03. The fraction of sp³-hybridized carbons (Fsp3) is 0.364. The summed E-state index contributed by atoms with van der Waals surface area (Å²) in [6, 6.07) is 3.74. The molecule has 0 aliphatic heterocycles. The third kappa shape index (κ3) is 1.75. The van der Waals surface area contributed by atoms with E-state index in [4.69, 9.17) is 0 Å². The second kappa shape index (κ2) is 3.15. The smallest absolute Gasteiger partial charge is 0.277 e. The van der Waals surface area contributed by atoms with Crippen molar-refractivity contribution < 1.29 is 0 Å². The summed E-state index contributed by atoms with van der Waals surface area (Å²) in [6.45, 7) is 6.18. The summed E-state index contributed by atoms with van der Waals surface area (Å²) in [6.07, 6.45) is 1.39. The Balaban J connectivity index is 2.76. The van der Waals surface area contributed by atoms with Crippen LogP contribution in [-0.2, 0) is 5.41 Å². The highest BCUT2D eigenvalue weighted by Gasteiger charge is 2.16. The number of fused-ring (bicyclic) bond motifs is 1. The summed E-state index contributed by atoms with van der Waals surface area (Å²) in [7, 11) is 0. The topological polar surface area (TPSA) is 58.6 Å². The first-order chi connectivity index (χ1) is 6.98. The maximum atomic E-state index is 11.5. The molecule has 2 rings (SSSR count). The minimum Gasteiger partial charge on any atom is -0.311 e. The van der Waals surface area contributed by atoms with Crippen LogP contribution in [0.5, 0.6) is 0 Å². The maximum Gasteiger partial charge on any atom is 0.277 e. The molecule has 0 amide bonds. The van der Waals surface area contributed by atoms with Crippen molar-refractivity contribution in [1.29, 1.82) is 0 Å². The van der Waals surface area contributed by atoms with Gasteiger partial charge in [0.2, 0.25) is 0 Å². The van der Waals surface area contributed by atoms with E-state index in [1.54, 1.807) is 0 Å². The Kier molecular flexibility index (Phi) is 2.07. The molecule has 0 radical (unpaired) electrons. The molecule has 0 aromatic carbocycles. The zero-order chi connectivity index (χ0) is 11.1. The van der Waals surface area contributed by atoms with Crippen LogP contribution in [0.15, 0.2) is 23.3 Å². The number of nitrogens with one attached hydrogen (secondary N) is 1. The number of nitrogens with zero attached hydrogens (tertiary/aromatic N) is 2. The van der Waals surface area contributed by atoms with Crippen molar-refractivity contribution in [2.75, 3.05) is 0 Å². The van der Waals surface area contributed by atoms with Gasteiger partial charge in [0.05, 0.1) is 11.8 Å². The summed E-state index contributed by atoms with van der Waals surface area (Å²) in [4.78, 5) is 22.4. The van der Waals surface area contributed by atoms with E-state index in [2.05, 4.69) is 35.7 Å². The average molecular weight is 203 g/mol. The predicted octanol–water partition coefficient (Wildman–Crippen LogP) is 1.62. The molecule has 0 unspecified atom stereocenters. The number of hydrogen-bond donors (Lipinski definition) is 1. The third-order valence-electron chi connectivity index (χ3n) is 2.26. The van der Waals surface area contributed by atoms with Crippen LogP contribution in [0.4, 0.5) is 0 Å². The monoisotopic (exact) mass is 203 g/mol. The third-order valence-corrected chi connectivity index (χ3v) is 2.26. The number of aromatic amines is 1. The normalized spacial score (nSPS) is 11.9. The molecule has 0 spiro atoms. The second-order valence-electron chi connectivity index (χ2n) is 4.55. The van der Waals surface area contributed by atoms with Crippen molar-refractivity contribution in [2.45, 2.75) is 26.2 Å². The maximum absolute atomic E-state index is 11.5. The largest absolute Gasteiger partial charge is 0.311 e. The average Bonchev–Trinajstić information content (AvgIpc) is 2.16. The molecule has 1 N–H and O–H groups in total. The van der Waals surface area contributed by atoms with Crippen LogP contribution in [0.25, 0.3) is 11.0 Å². The Morgan fingerprint density at radius 2 is 2.00 bits per heavy atom. The summed E-state index contributed by atoms with van der Waals surface area (Å²) in [5.41, 5.74) is 1.69. The number of H-pyrrole nitrogens is 1. The molecule has 0 fully saturated rings. The van der Waals surface area contributed by atoms with Gasteiger partial charge in [-0.1, -0.05) is 20.8 Å². The van der Waals surface area contributed by atoms with Crippen molar-refractivity contribution in [3.63, 3.8) is 0 Å². The molecule has 4 nitrogen and oxygen atoms in total. The molecule has 0 bridgehead atoms. The van der Waals surface area contributed by atoms with Crippen molar-refractivity contribution >= 4 is 11.0 Å². The van der Waals surface area contributed by atoms with Gasteiger partial charge in [-0.2, -0.15) is 0 Å². The molecule has 2 aromatic heterocycles. The predicted molar refractivity (Wildman–Crippen MR) is 58.9 cm³/mol. The number of rotatable bonds is 0. The molecule has 0 saturated carbocycles. The van der Waals surface area contributed by atoms with Gasteiger partial charge in [-0.15, -0.1) is 0 Å². The standard InChI is InChI=1S/C11H13N3O/c1-11(2,3)8-5-4-7-9(14-8)10(15)13-6-12-7/h4-6H,1-3H3,(H,12,13,15). The van der Waals surface area contributed by atoms with Crippen LogP contribution >= 0.6 is 0 Å². The van der Waals surface area contributed by atoms with E-state index in [1.807, 2.05) is 12.1 Å². The first kappa shape index (κ1) is 9.83. The van der Waals surface area contributed by atoms with Crippen molar-refractivity contribution in [3.8, 4) is 0 Å². The van der Waals surface area contributed by atoms with Gasteiger partial charge in [0, 0.05) is 11.1 Å². The molecule has 4 heteroatoms. The van der Waals surface area contributed by atoms with Crippen LogP contribution in [0.1, 0.15) is 26.5 Å². The van der Waals surface area contributed by atoms with E-state index in [9.17, 15) is 4.79 Å². The minimum atomic E-state index is -0.189. The molecule has 2 heterocycles. The van der Waals surface area contributed by atoms with E-state index in [0.717, 1.165) is 5.69 Å². The molecule has 78 valence electrons. The van der Waals surface area contributed by atoms with Gasteiger partial charge in [-0.25, -0.2) is 9.97 Å². The van der Waals surface area contributed by atoms with E-state index in [-0.39, 0.29) is 11.0 Å². The van der Waals surface area contributed by atoms with Gasteiger partial charge < -0.3 is 4.98 Å². The van der Waals surface area contributed by atoms with E-state index < -0.39 is 0 Å². The Labute approximate surface area is 87.4 Å². The van der Waals surface area contributed by atoms with Crippen LogP contribution < -0.4 is 5.56 Å². The fourth-order valence-corrected chi connectivity index (χ4v) is 1.37.